The van der Waals surface area contributed by atoms with E-state index in [1.807, 2.05) is 0 Å². The largest absolute Gasteiger partial charge is 0.335 e. The molecule has 0 radical (unpaired) electrons. The molecular formula is C18H24F2N2O. The summed E-state index contributed by atoms with van der Waals surface area (Å²) in [7, 11) is 0. The van der Waals surface area contributed by atoms with Crippen LogP contribution in [0.2, 0.25) is 0 Å². The van der Waals surface area contributed by atoms with Crippen LogP contribution in [0.4, 0.5) is 8.78 Å². The monoisotopic (exact) mass is 322 g/mol. The van der Waals surface area contributed by atoms with Crippen LogP contribution in [0.15, 0.2) is 18.2 Å². The lowest BCUT2D eigenvalue weighted by Gasteiger charge is -2.34. The fourth-order valence-electron chi connectivity index (χ4n) is 3.76. The standard InChI is InChI=1S/C18H24F2N2O/c19-16-6-3-7-17(20)15(16)12-22(14-4-1-2-5-14)18(23)13-8-10-21-11-9-13/h3,6-7,13-14,21H,1-2,4-5,8-12H2. The molecule has 3 rings (SSSR count). The van der Waals surface area contributed by atoms with Crippen molar-refractivity contribution in [2.45, 2.75) is 51.1 Å². The first-order chi connectivity index (χ1) is 11.2. The summed E-state index contributed by atoms with van der Waals surface area (Å²) in [6, 6.07) is 4.01. The highest BCUT2D eigenvalue weighted by atomic mass is 19.1. The Balaban J connectivity index is 1.81. The van der Waals surface area contributed by atoms with Gasteiger partial charge in [-0.2, -0.15) is 0 Å². The fraction of sp³-hybridized carbons (Fsp3) is 0.611. The molecule has 1 aromatic rings. The number of piperidine rings is 1. The zero-order valence-corrected chi connectivity index (χ0v) is 13.4. The molecule has 2 fully saturated rings. The van der Waals surface area contributed by atoms with Crippen molar-refractivity contribution in [1.29, 1.82) is 0 Å². The molecule has 1 aliphatic carbocycles. The highest BCUT2D eigenvalue weighted by Crippen LogP contribution is 2.29. The zero-order valence-electron chi connectivity index (χ0n) is 13.4. The van der Waals surface area contributed by atoms with Crippen molar-refractivity contribution in [2.24, 2.45) is 5.92 Å². The minimum Gasteiger partial charge on any atom is -0.335 e. The van der Waals surface area contributed by atoms with E-state index >= 15 is 0 Å². The molecule has 0 spiro atoms. The van der Waals surface area contributed by atoms with Crippen molar-refractivity contribution >= 4 is 5.91 Å². The van der Waals surface area contributed by atoms with Crippen LogP contribution in [-0.4, -0.2) is 29.9 Å². The molecule has 0 aromatic heterocycles. The van der Waals surface area contributed by atoms with Gasteiger partial charge in [0.05, 0.1) is 6.54 Å². The Morgan fingerprint density at radius 1 is 1.09 bits per heavy atom. The Labute approximate surface area is 136 Å². The number of nitrogens with zero attached hydrogens (tertiary/aromatic N) is 1. The number of amides is 1. The van der Waals surface area contributed by atoms with E-state index in [-0.39, 0.29) is 30.0 Å². The summed E-state index contributed by atoms with van der Waals surface area (Å²) in [5, 5.41) is 3.26. The van der Waals surface area contributed by atoms with E-state index in [0.717, 1.165) is 51.6 Å². The Morgan fingerprint density at radius 2 is 1.70 bits per heavy atom. The molecule has 1 heterocycles. The number of carbonyl (C=O) groups excluding carboxylic acids is 1. The van der Waals surface area contributed by atoms with Crippen molar-refractivity contribution in [1.82, 2.24) is 10.2 Å². The summed E-state index contributed by atoms with van der Waals surface area (Å²) >= 11 is 0. The number of carbonyl (C=O) groups is 1. The molecule has 1 aliphatic heterocycles. The van der Waals surface area contributed by atoms with Crippen LogP contribution < -0.4 is 5.32 Å². The number of hydrogen-bond acceptors (Lipinski definition) is 2. The van der Waals surface area contributed by atoms with E-state index < -0.39 is 11.6 Å². The lowest BCUT2D eigenvalue weighted by molar-refractivity contribution is -0.139. The molecule has 126 valence electrons. The molecule has 0 bridgehead atoms. The van der Waals surface area contributed by atoms with Gasteiger partial charge in [-0.25, -0.2) is 8.78 Å². The molecule has 0 atom stereocenters. The predicted octanol–water partition coefficient (Wildman–Crippen LogP) is 3.24. The molecule has 1 amide bonds. The summed E-state index contributed by atoms with van der Waals surface area (Å²) in [5.41, 5.74) is 0.0154. The topological polar surface area (TPSA) is 32.3 Å². The number of halogens is 2. The van der Waals surface area contributed by atoms with Crippen molar-refractivity contribution in [2.75, 3.05) is 13.1 Å². The molecular weight excluding hydrogens is 298 g/mol. The molecule has 1 N–H and O–H groups in total. The van der Waals surface area contributed by atoms with E-state index in [0.29, 0.717) is 0 Å². The average Bonchev–Trinajstić information content (AvgIpc) is 3.09. The van der Waals surface area contributed by atoms with Crippen molar-refractivity contribution in [3.8, 4) is 0 Å². The zero-order chi connectivity index (χ0) is 16.2. The van der Waals surface area contributed by atoms with E-state index in [4.69, 9.17) is 0 Å². The van der Waals surface area contributed by atoms with Crippen molar-refractivity contribution in [3.63, 3.8) is 0 Å². The van der Waals surface area contributed by atoms with Crippen LogP contribution >= 0.6 is 0 Å². The molecule has 1 saturated heterocycles. The van der Waals surface area contributed by atoms with Gasteiger partial charge in [0, 0.05) is 17.5 Å². The molecule has 1 aromatic carbocycles. The summed E-state index contributed by atoms with van der Waals surface area (Å²) in [6.45, 7) is 1.72. The quantitative estimate of drug-likeness (QED) is 0.923. The Bertz CT molecular complexity index is 532. The molecule has 0 unspecified atom stereocenters. The van der Waals surface area contributed by atoms with E-state index in [1.54, 1.807) is 4.90 Å². The number of benzene rings is 1. The SMILES string of the molecule is O=C(C1CCNCC1)N(Cc1c(F)cccc1F)C1CCCC1. The third kappa shape index (κ3) is 3.71. The minimum atomic E-state index is -0.564. The average molecular weight is 322 g/mol. The Kier molecular flexibility index (Phi) is 5.26. The normalized spacial score (nSPS) is 19.9. The highest BCUT2D eigenvalue weighted by molar-refractivity contribution is 5.79. The third-order valence-electron chi connectivity index (χ3n) is 5.13. The second kappa shape index (κ2) is 7.39. The smallest absolute Gasteiger partial charge is 0.226 e. The first-order valence-corrected chi connectivity index (χ1v) is 8.61. The van der Waals surface area contributed by atoms with E-state index in [9.17, 15) is 13.6 Å². The maximum atomic E-state index is 14.0. The van der Waals surface area contributed by atoms with Gasteiger partial charge in [-0.1, -0.05) is 18.9 Å². The maximum Gasteiger partial charge on any atom is 0.226 e. The highest BCUT2D eigenvalue weighted by Gasteiger charge is 2.33. The first-order valence-electron chi connectivity index (χ1n) is 8.61. The molecule has 1 saturated carbocycles. The van der Waals surface area contributed by atoms with Gasteiger partial charge < -0.3 is 10.2 Å². The van der Waals surface area contributed by atoms with Gasteiger partial charge in [0.2, 0.25) is 5.91 Å². The lowest BCUT2D eigenvalue weighted by Crippen LogP contribution is -2.45. The summed E-state index contributed by atoms with van der Waals surface area (Å²) in [6.07, 6.45) is 5.66. The summed E-state index contributed by atoms with van der Waals surface area (Å²) in [5.74, 6) is -1.08. The van der Waals surface area contributed by atoms with E-state index in [2.05, 4.69) is 5.32 Å². The molecule has 2 aliphatic rings. The lowest BCUT2D eigenvalue weighted by atomic mass is 9.95. The second-order valence-corrected chi connectivity index (χ2v) is 6.63. The number of nitrogens with one attached hydrogen (secondary N) is 1. The molecule has 23 heavy (non-hydrogen) atoms. The van der Waals surface area contributed by atoms with E-state index in [1.165, 1.54) is 18.2 Å². The molecule has 5 heteroatoms. The van der Waals surface area contributed by atoms with Crippen LogP contribution in [0.5, 0.6) is 0 Å². The van der Waals surface area contributed by atoms with Crippen molar-refractivity contribution < 1.29 is 13.6 Å². The van der Waals surface area contributed by atoms with Crippen LogP contribution in [0, 0.1) is 17.6 Å². The Hall–Kier alpha value is -1.49. The fourth-order valence-corrected chi connectivity index (χ4v) is 3.76. The van der Waals surface area contributed by atoms with Gasteiger partial charge in [0.25, 0.3) is 0 Å². The minimum absolute atomic E-state index is 0.0154. The maximum absolute atomic E-state index is 14.0. The van der Waals surface area contributed by atoms with Crippen LogP contribution in [0.1, 0.15) is 44.1 Å². The second-order valence-electron chi connectivity index (χ2n) is 6.63. The third-order valence-corrected chi connectivity index (χ3v) is 5.13. The van der Waals surface area contributed by atoms with Crippen LogP contribution in [-0.2, 0) is 11.3 Å². The first kappa shape index (κ1) is 16.4. The van der Waals surface area contributed by atoms with Gasteiger partial charge >= 0.3 is 0 Å². The van der Waals surface area contributed by atoms with Gasteiger partial charge in [-0.05, 0) is 50.9 Å². The van der Waals surface area contributed by atoms with Crippen molar-refractivity contribution in [3.05, 3.63) is 35.4 Å². The summed E-state index contributed by atoms with van der Waals surface area (Å²) in [4.78, 5) is 14.7. The number of rotatable bonds is 4. The van der Waals surface area contributed by atoms with Gasteiger partial charge in [-0.15, -0.1) is 0 Å². The van der Waals surface area contributed by atoms with Crippen LogP contribution in [0.3, 0.4) is 0 Å². The van der Waals surface area contributed by atoms with Gasteiger partial charge in [0.15, 0.2) is 0 Å². The number of hydrogen-bond donors (Lipinski definition) is 1. The van der Waals surface area contributed by atoms with Crippen LogP contribution in [0.25, 0.3) is 0 Å². The predicted molar refractivity (Wildman–Crippen MR) is 84.8 cm³/mol. The Morgan fingerprint density at radius 3 is 2.30 bits per heavy atom. The van der Waals surface area contributed by atoms with Gasteiger partial charge in [0.1, 0.15) is 11.6 Å². The molecule has 3 nitrogen and oxygen atoms in total. The summed E-state index contributed by atoms with van der Waals surface area (Å²) < 4.78 is 28.0. The van der Waals surface area contributed by atoms with Gasteiger partial charge in [-0.3, -0.25) is 4.79 Å².